The van der Waals surface area contributed by atoms with Crippen LogP contribution >= 0.6 is 15.9 Å². The van der Waals surface area contributed by atoms with Crippen LogP contribution in [0.1, 0.15) is 0 Å². The third kappa shape index (κ3) is 2.05. The van der Waals surface area contributed by atoms with Crippen LogP contribution in [0.5, 0.6) is 17.2 Å². The summed E-state index contributed by atoms with van der Waals surface area (Å²) >= 11 is 3.46. The normalized spacial score (nSPS) is 10.4. The molecule has 0 fully saturated rings. The third-order valence-corrected chi connectivity index (χ3v) is 3.26. The first-order valence-corrected chi connectivity index (χ1v) is 5.88. The molecule has 0 aliphatic rings. The molecule has 2 aromatic carbocycles. The minimum absolute atomic E-state index is 0.691. The Hall–Kier alpha value is -1.42. The average Bonchev–Trinajstić information content (AvgIpc) is 2.37. The van der Waals surface area contributed by atoms with Crippen molar-refractivity contribution in [2.24, 2.45) is 0 Å². The summed E-state index contributed by atoms with van der Waals surface area (Å²) in [6, 6.07) is 7.80. The molecule has 0 aliphatic carbocycles. The third-order valence-electron chi connectivity index (χ3n) is 2.63. The fourth-order valence-corrected chi connectivity index (χ4v) is 2.31. The zero-order valence-corrected chi connectivity index (χ0v) is 11.5. The Balaban J connectivity index is 2.78. The van der Waals surface area contributed by atoms with E-state index in [4.69, 9.17) is 14.2 Å². The maximum absolute atomic E-state index is 5.39. The van der Waals surface area contributed by atoms with Gasteiger partial charge in [0.05, 0.1) is 25.8 Å². The van der Waals surface area contributed by atoms with Gasteiger partial charge in [0.25, 0.3) is 0 Å². The second kappa shape index (κ2) is 4.84. The highest BCUT2D eigenvalue weighted by Gasteiger charge is 2.11. The Morgan fingerprint density at radius 2 is 1.53 bits per heavy atom. The minimum atomic E-state index is 0.691. The van der Waals surface area contributed by atoms with Gasteiger partial charge in [-0.15, -0.1) is 0 Å². The van der Waals surface area contributed by atoms with Gasteiger partial charge >= 0.3 is 0 Å². The zero-order valence-electron chi connectivity index (χ0n) is 9.91. The summed E-state index contributed by atoms with van der Waals surface area (Å²) in [6.45, 7) is 0. The number of hydrogen-bond acceptors (Lipinski definition) is 3. The molecule has 0 heterocycles. The van der Waals surface area contributed by atoms with Gasteiger partial charge in [0.2, 0.25) is 0 Å². The minimum Gasteiger partial charge on any atom is -0.495 e. The lowest BCUT2D eigenvalue weighted by Gasteiger charge is -2.12. The Labute approximate surface area is 108 Å². The molecule has 0 saturated carbocycles. The Morgan fingerprint density at radius 3 is 2.12 bits per heavy atom. The van der Waals surface area contributed by atoms with Crippen molar-refractivity contribution >= 4 is 26.7 Å². The molecule has 4 heteroatoms. The first-order valence-electron chi connectivity index (χ1n) is 5.09. The molecule has 0 amide bonds. The summed E-state index contributed by atoms with van der Waals surface area (Å²) in [5.41, 5.74) is 0. The fraction of sp³-hybridized carbons (Fsp3) is 0.231. The fourth-order valence-electron chi connectivity index (χ4n) is 1.80. The summed E-state index contributed by atoms with van der Waals surface area (Å²) in [4.78, 5) is 0. The van der Waals surface area contributed by atoms with Gasteiger partial charge in [0, 0.05) is 5.39 Å². The molecule has 3 nitrogen and oxygen atoms in total. The van der Waals surface area contributed by atoms with Crippen LogP contribution in [0.15, 0.2) is 28.7 Å². The van der Waals surface area contributed by atoms with Crippen molar-refractivity contribution in [3.8, 4) is 17.2 Å². The molecule has 0 aliphatic heterocycles. The van der Waals surface area contributed by atoms with Crippen LogP contribution in [0.4, 0.5) is 0 Å². The Morgan fingerprint density at radius 1 is 0.882 bits per heavy atom. The highest BCUT2D eigenvalue weighted by Crippen LogP contribution is 2.39. The van der Waals surface area contributed by atoms with Crippen molar-refractivity contribution in [1.82, 2.24) is 0 Å². The van der Waals surface area contributed by atoms with E-state index < -0.39 is 0 Å². The number of hydrogen-bond donors (Lipinski definition) is 0. The van der Waals surface area contributed by atoms with Crippen molar-refractivity contribution in [2.75, 3.05) is 21.3 Å². The van der Waals surface area contributed by atoms with Crippen LogP contribution in [0.3, 0.4) is 0 Å². The molecule has 0 spiro atoms. The maximum Gasteiger partial charge on any atom is 0.161 e. The van der Waals surface area contributed by atoms with Crippen LogP contribution in [0.25, 0.3) is 10.8 Å². The van der Waals surface area contributed by atoms with E-state index in [1.54, 1.807) is 21.3 Å². The lowest BCUT2D eigenvalue weighted by molar-refractivity contribution is 0.355. The van der Waals surface area contributed by atoms with Gasteiger partial charge in [0.1, 0.15) is 5.75 Å². The molecule has 0 saturated heterocycles. The zero-order chi connectivity index (χ0) is 12.4. The molecule has 0 aromatic heterocycles. The van der Waals surface area contributed by atoms with Crippen LogP contribution in [0, 0.1) is 0 Å². The SMILES string of the molecule is COc1cc2ccc(Br)c(OC)c2cc1OC. The summed E-state index contributed by atoms with van der Waals surface area (Å²) < 4.78 is 16.9. The quantitative estimate of drug-likeness (QED) is 0.866. The van der Waals surface area contributed by atoms with Crippen molar-refractivity contribution < 1.29 is 14.2 Å². The van der Waals surface area contributed by atoms with Crippen molar-refractivity contribution in [1.29, 1.82) is 0 Å². The summed E-state index contributed by atoms with van der Waals surface area (Å²) in [7, 11) is 4.89. The molecule has 0 N–H and O–H groups in total. The molecule has 0 radical (unpaired) electrons. The first kappa shape index (κ1) is 12.0. The van der Waals surface area contributed by atoms with E-state index in [0.717, 1.165) is 21.0 Å². The predicted molar refractivity (Wildman–Crippen MR) is 71.3 cm³/mol. The van der Waals surface area contributed by atoms with E-state index in [0.29, 0.717) is 11.5 Å². The van der Waals surface area contributed by atoms with Crippen LogP contribution < -0.4 is 14.2 Å². The summed E-state index contributed by atoms with van der Waals surface area (Å²) in [5.74, 6) is 2.20. The molecule has 17 heavy (non-hydrogen) atoms. The summed E-state index contributed by atoms with van der Waals surface area (Å²) in [5, 5.41) is 2.03. The number of methoxy groups -OCH3 is 3. The number of halogens is 1. The second-order valence-electron chi connectivity index (χ2n) is 3.51. The Bertz CT molecular complexity index is 552. The second-order valence-corrected chi connectivity index (χ2v) is 4.36. The topological polar surface area (TPSA) is 27.7 Å². The van der Waals surface area contributed by atoms with E-state index in [9.17, 15) is 0 Å². The van der Waals surface area contributed by atoms with Gasteiger partial charge in [-0.1, -0.05) is 6.07 Å². The average molecular weight is 297 g/mol. The molecule has 2 aromatic rings. The van der Waals surface area contributed by atoms with Gasteiger partial charge in [-0.05, 0) is 39.5 Å². The van der Waals surface area contributed by atoms with Crippen LogP contribution in [0.2, 0.25) is 0 Å². The first-order chi connectivity index (χ1) is 8.21. The largest absolute Gasteiger partial charge is 0.495 e. The van der Waals surface area contributed by atoms with Crippen LogP contribution in [-0.2, 0) is 0 Å². The number of ether oxygens (including phenoxy) is 3. The predicted octanol–water partition coefficient (Wildman–Crippen LogP) is 3.63. The van der Waals surface area contributed by atoms with E-state index in [-0.39, 0.29) is 0 Å². The smallest absolute Gasteiger partial charge is 0.161 e. The van der Waals surface area contributed by atoms with Gasteiger partial charge in [-0.25, -0.2) is 0 Å². The van der Waals surface area contributed by atoms with Gasteiger partial charge in [0.15, 0.2) is 11.5 Å². The van der Waals surface area contributed by atoms with Gasteiger partial charge < -0.3 is 14.2 Å². The van der Waals surface area contributed by atoms with Gasteiger partial charge in [-0.2, -0.15) is 0 Å². The molecule has 0 unspecified atom stereocenters. The molecular formula is C13H13BrO3. The molecule has 0 bridgehead atoms. The molecular weight excluding hydrogens is 284 g/mol. The highest BCUT2D eigenvalue weighted by atomic mass is 79.9. The molecule has 0 atom stereocenters. The van der Waals surface area contributed by atoms with E-state index in [1.807, 2.05) is 24.3 Å². The number of benzene rings is 2. The lowest BCUT2D eigenvalue weighted by Crippen LogP contribution is -1.92. The number of rotatable bonds is 3. The summed E-state index contributed by atoms with van der Waals surface area (Å²) in [6.07, 6.45) is 0. The molecule has 2 rings (SSSR count). The Kier molecular flexibility index (Phi) is 3.43. The van der Waals surface area contributed by atoms with Crippen molar-refractivity contribution in [2.45, 2.75) is 0 Å². The van der Waals surface area contributed by atoms with Crippen LogP contribution in [-0.4, -0.2) is 21.3 Å². The standard InChI is InChI=1S/C13H13BrO3/c1-15-11-6-8-4-5-10(14)13(17-3)9(8)7-12(11)16-2/h4-7H,1-3H3. The van der Waals surface area contributed by atoms with Crippen molar-refractivity contribution in [3.63, 3.8) is 0 Å². The molecule has 90 valence electrons. The highest BCUT2D eigenvalue weighted by molar-refractivity contribution is 9.10. The number of fused-ring (bicyclic) bond motifs is 1. The van der Waals surface area contributed by atoms with Gasteiger partial charge in [-0.3, -0.25) is 0 Å². The van der Waals surface area contributed by atoms with E-state index >= 15 is 0 Å². The van der Waals surface area contributed by atoms with E-state index in [1.165, 1.54) is 0 Å². The van der Waals surface area contributed by atoms with E-state index in [2.05, 4.69) is 15.9 Å². The maximum atomic E-state index is 5.39. The lowest BCUT2D eigenvalue weighted by atomic mass is 10.1. The van der Waals surface area contributed by atoms with Crippen molar-refractivity contribution in [3.05, 3.63) is 28.7 Å². The monoisotopic (exact) mass is 296 g/mol.